The van der Waals surface area contributed by atoms with Gasteiger partial charge in [-0.2, -0.15) is 0 Å². The molecule has 1 amide bonds. The zero-order chi connectivity index (χ0) is 12.1. The highest BCUT2D eigenvalue weighted by molar-refractivity contribution is 5.77. The van der Waals surface area contributed by atoms with Crippen molar-refractivity contribution in [1.82, 2.24) is 10.2 Å². The molecule has 4 heteroatoms. The van der Waals surface area contributed by atoms with Crippen molar-refractivity contribution in [2.24, 2.45) is 0 Å². The van der Waals surface area contributed by atoms with Gasteiger partial charge in [0, 0.05) is 25.7 Å². The van der Waals surface area contributed by atoms with Crippen LogP contribution in [0.5, 0.6) is 0 Å². The van der Waals surface area contributed by atoms with E-state index in [1.807, 2.05) is 0 Å². The Morgan fingerprint density at radius 2 is 2.35 bits per heavy atom. The summed E-state index contributed by atoms with van der Waals surface area (Å²) in [6, 6.07) is 0.406. The highest BCUT2D eigenvalue weighted by atomic mass is 16.5. The number of hydrogen-bond acceptors (Lipinski definition) is 3. The van der Waals surface area contributed by atoms with Crippen LogP contribution in [0.1, 0.15) is 39.0 Å². The van der Waals surface area contributed by atoms with Crippen LogP contribution in [-0.2, 0) is 9.53 Å². The van der Waals surface area contributed by atoms with E-state index in [-0.39, 0.29) is 12.0 Å². The maximum Gasteiger partial charge on any atom is 0.225 e. The fourth-order valence-corrected chi connectivity index (χ4v) is 2.77. The quantitative estimate of drug-likeness (QED) is 0.784. The number of hydrogen-bond donors (Lipinski definition) is 1. The van der Waals surface area contributed by atoms with Crippen molar-refractivity contribution in [2.75, 3.05) is 26.2 Å². The number of rotatable bonds is 5. The summed E-state index contributed by atoms with van der Waals surface area (Å²) in [6.45, 7) is 5.85. The number of carbonyl (C=O) groups is 1. The zero-order valence-corrected chi connectivity index (χ0v) is 10.8. The lowest BCUT2D eigenvalue weighted by Gasteiger charge is -2.29. The molecule has 17 heavy (non-hydrogen) atoms. The second-order valence-electron chi connectivity index (χ2n) is 5.07. The van der Waals surface area contributed by atoms with Gasteiger partial charge < -0.3 is 15.0 Å². The summed E-state index contributed by atoms with van der Waals surface area (Å²) < 4.78 is 5.55. The van der Waals surface area contributed by atoms with Crippen molar-refractivity contribution in [3.8, 4) is 0 Å². The van der Waals surface area contributed by atoms with Crippen LogP contribution >= 0.6 is 0 Å². The third kappa shape index (κ3) is 3.42. The molecule has 0 aromatic heterocycles. The molecule has 0 aromatic rings. The van der Waals surface area contributed by atoms with Crippen LogP contribution in [0, 0.1) is 0 Å². The molecule has 98 valence electrons. The maximum absolute atomic E-state index is 12.3. The first kappa shape index (κ1) is 12.8. The van der Waals surface area contributed by atoms with E-state index in [1.54, 1.807) is 0 Å². The number of amides is 1. The molecule has 2 unspecified atom stereocenters. The molecule has 2 aliphatic heterocycles. The van der Waals surface area contributed by atoms with Gasteiger partial charge in [-0.25, -0.2) is 0 Å². The summed E-state index contributed by atoms with van der Waals surface area (Å²) in [5, 5.41) is 3.33. The predicted molar refractivity (Wildman–Crippen MR) is 66.9 cm³/mol. The molecule has 4 nitrogen and oxygen atoms in total. The van der Waals surface area contributed by atoms with E-state index in [0.29, 0.717) is 12.5 Å². The van der Waals surface area contributed by atoms with Crippen molar-refractivity contribution < 1.29 is 9.53 Å². The van der Waals surface area contributed by atoms with Crippen molar-refractivity contribution in [3.05, 3.63) is 0 Å². The van der Waals surface area contributed by atoms with E-state index < -0.39 is 0 Å². The lowest BCUT2D eigenvalue weighted by molar-refractivity contribution is -0.135. The van der Waals surface area contributed by atoms with Crippen LogP contribution in [0.4, 0.5) is 0 Å². The molecule has 2 atom stereocenters. The first-order chi connectivity index (χ1) is 8.31. The highest BCUT2D eigenvalue weighted by Crippen LogP contribution is 2.18. The SMILES string of the molecule is CCCN(C(=O)CC1CCCO1)C1CCNC1. The Bertz CT molecular complexity index is 246. The van der Waals surface area contributed by atoms with E-state index in [2.05, 4.69) is 17.1 Å². The molecule has 2 rings (SSSR count). The van der Waals surface area contributed by atoms with Gasteiger partial charge in [0.2, 0.25) is 5.91 Å². The van der Waals surface area contributed by atoms with Crippen LogP contribution < -0.4 is 5.32 Å². The van der Waals surface area contributed by atoms with E-state index in [4.69, 9.17) is 4.74 Å². The normalized spacial score (nSPS) is 28.5. The predicted octanol–water partition coefficient (Wildman–Crippen LogP) is 1.16. The van der Waals surface area contributed by atoms with E-state index in [9.17, 15) is 4.79 Å². The summed E-state index contributed by atoms with van der Waals surface area (Å²) in [4.78, 5) is 14.4. The average molecular weight is 240 g/mol. The third-order valence-corrected chi connectivity index (χ3v) is 3.69. The minimum absolute atomic E-state index is 0.177. The molecular formula is C13H24N2O2. The van der Waals surface area contributed by atoms with Gasteiger partial charge in [-0.1, -0.05) is 6.92 Å². The van der Waals surface area contributed by atoms with Gasteiger partial charge in [0.25, 0.3) is 0 Å². The lowest BCUT2D eigenvalue weighted by Crippen LogP contribution is -2.43. The fourth-order valence-electron chi connectivity index (χ4n) is 2.77. The van der Waals surface area contributed by atoms with Gasteiger partial charge in [-0.15, -0.1) is 0 Å². The number of ether oxygens (including phenoxy) is 1. The minimum atomic E-state index is 0.177. The molecule has 0 aromatic carbocycles. The van der Waals surface area contributed by atoms with Crippen LogP contribution in [-0.4, -0.2) is 49.2 Å². The molecule has 2 aliphatic rings. The summed E-state index contributed by atoms with van der Waals surface area (Å²) in [7, 11) is 0. The zero-order valence-electron chi connectivity index (χ0n) is 10.8. The smallest absolute Gasteiger partial charge is 0.225 e. The van der Waals surface area contributed by atoms with Gasteiger partial charge in [0.1, 0.15) is 0 Å². The van der Waals surface area contributed by atoms with Crippen LogP contribution in [0.15, 0.2) is 0 Å². The van der Waals surface area contributed by atoms with Crippen molar-refractivity contribution >= 4 is 5.91 Å². The summed E-state index contributed by atoms with van der Waals surface area (Å²) in [6.07, 6.45) is 5.04. The van der Waals surface area contributed by atoms with Gasteiger partial charge in [0.05, 0.1) is 12.5 Å². The Morgan fingerprint density at radius 1 is 1.47 bits per heavy atom. The Labute approximate surface area is 104 Å². The van der Waals surface area contributed by atoms with Crippen LogP contribution in [0.2, 0.25) is 0 Å². The lowest BCUT2D eigenvalue weighted by atomic mass is 10.1. The molecule has 0 spiro atoms. The first-order valence-electron chi connectivity index (χ1n) is 6.93. The van der Waals surface area contributed by atoms with Gasteiger partial charge >= 0.3 is 0 Å². The number of carbonyl (C=O) groups excluding carboxylic acids is 1. The molecule has 0 aliphatic carbocycles. The highest BCUT2D eigenvalue weighted by Gasteiger charge is 2.28. The Kier molecular flexibility index (Phi) is 4.80. The fraction of sp³-hybridized carbons (Fsp3) is 0.923. The summed E-state index contributed by atoms with van der Waals surface area (Å²) >= 11 is 0. The number of nitrogens with one attached hydrogen (secondary N) is 1. The summed E-state index contributed by atoms with van der Waals surface area (Å²) in [5.74, 6) is 0.285. The van der Waals surface area contributed by atoms with Gasteiger partial charge in [0.15, 0.2) is 0 Å². The first-order valence-corrected chi connectivity index (χ1v) is 6.93. The second-order valence-corrected chi connectivity index (χ2v) is 5.07. The molecular weight excluding hydrogens is 216 g/mol. The monoisotopic (exact) mass is 240 g/mol. The minimum Gasteiger partial charge on any atom is -0.378 e. The third-order valence-electron chi connectivity index (χ3n) is 3.69. The van der Waals surface area contributed by atoms with Crippen molar-refractivity contribution in [3.63, 3.8) is 0 Å². The number of nitrogens with zero attached hydrogens (tertiary/aromatic N) is 1. The molecule has 2 saturated heterocycles. The molecule has 0 bridgehead atoms. The molecule has 2 fully saturated rings. The van der Waals surface area contributed by atoms with E-state index >= 15 is 0 Å². The summed E-state index contributed by atoms with van der Waals surface area (Å²) in [5.41, 5.74) is 0. The Balaban J connectivity index is 1.86. The standard InChI is InChI=1S/C13H24N2O2/c1-2-7-15(11-5-6-14-10-11)13(16)9-12-4-3-8-17-12/h11-12,14H,2-10H2,1H3. The van der Waals surface area contributed by atoms with Gasteiger partial charge in [-0.05, 0) is 32.2 Å². The van der Waals surface area contributed by atoms with Crippen molar-refractivity contribution in [1.29, 1.82) is 0 Å². The van der Waals surface area contributed by atoms with Crippen LogP contribution in [0.3, 0.4) is 0 Å². The largest absolute Gasteiger partial charge is 0.378 e. The van der Waals surface area contributed by atoms with Crippen molar-refractivity contribution in [2.45, 2.75) is 51.2 Å². The topological polar surface area (TPSA) is 41.6 Å². The second kappa shape index (κ2) is 6.36. The van der Waals surface area contributed by atoms with Gasteiger partial charge in [-0.3, -0.25) is 4.79 Å². The van der Waals surface area contributed by atoms with E-state index in [0.717, 1.165) is 51.9 Å². The Hall–Kier alpha value is -0.610. The molecule has 0 radical (unpaired) electrons. The van der Waals surface area contributed by atoms with E-state index in [1.165, 1.54) is 0 Å². The Morgan fingerprint density at radius 3 is 2.94 bits per heavy atom. The molecule has 1 N–H and O–H groups in total. The average Bonchev–Trinajstić information content (AvgIpc) is 2.97. The van der Waals surface area contributed by atoms with Crippen LogP contribution in [0.25, 0.3) is 0 Å². The molecule has 2 heterocycles. The maximum atomic E-state index is 12.3. The molecule has 0 saturated carbocycles.